The topological polar surface area (TPSA) is 52.0 Å². The number of rotatable bonds is 3. The lowest BCUT2D eigenvalue weighted by atomic mass is 10.0. The number of nitrogens with one attached hydrogen (secondary N) is 1. The van der Waals surface area contributed by atoms with Crippen molar-refractivity contribution in [3.05, 3.63) is 60.3 Å². The van der Waals surface area contributed by atoms with E-state index in [0.29, 0.717) is 6.61 Å². The second kappa shape index (κ2) is 6.74. The SMILES string of the molecule is Cn1cc(-c2ccnc([C@H]3COCCN3)c2)c(-c2ccc(F)cc2)n1. The van der Waals surface area contributed by atoms with Crippen molar-refractivity contribution in [3.8, 4) is 22.4 Å². The quantitative estimate of drug-likeness (QED) is 0.798. The zero-order valence-corrected chi connectivity index (χ0v) is 13.9. The summed E-state index contributed by atoms with van der Waals surface area (Å²) < 4.78 is 20.5. The maximum absolute atomic E-state index is 13.2. The van der Waals surface area contributed by atoms with Gasteiger partial charge in [0, 0.05) is 37.1 Å². The third-order valence-electron chi connectivity index (χ3n) is 4.32. The maximum Gasteiger partial charge on any atom is 0.123 e. The summed E-state index contributed by atoms with van der Waals surface area (Å²) >= 11 is 0. The van der Waals surface area contributed by atoms with Crippen LogP contribution >= 0.6 is 0 Å². The van der Waals surface area contributed by atoms with Gasteiger partial charge in [-0.1, -0.05) is 0 Å². The highest BCUT2D eigenvalue weighted by atomic mass is 19.1. The molecule has 1 atom stereocenters. The first-order valence-corrected chi connectivity index (χ1v) is 8.28. The molecular weight excluding hydrogens is 319 g/mol. The van der Waals surface area contributed by atoms with Crippen molar-refractivity contribution in [2.45, 2.75) is 6.04 Å². The van der Waals surface area contributed by atoms with E-state index in [1.165, 1.54) is 12.1 Å². The van der Waals surface area contributed by atoms with E-state index < -0.39 is 0 Å². The molecule has 1 aliphatic rings. The van der Waals surface area contributed by atoms with E-state index in [1.54, 1.807) is 16.8 Å². The lowest BCUT2D eigenvalue weighted by molar-refractivity contribution is 0.0756. The Bertz CT molecular complexity index is 869. The van der Waals surface area contributed by atoms with Crippen LogP contribution in [0.4, 0.5) is 4.39 Å². The van der Waals surface area contributed by atoms with Crippen LogP contribution in [0.15, 0.2) is 48.8 Å². The molecular formula is C19H19FN4O. The Morgan fingerprint density at radius 3 is 2.80 bits per heavy atom. The van der Waals surface area contributed by atoms with Gasteiger partial charge in [-0.3, -0.25) is 9.67 Å². The number of aryl methyl sites for hydroxylation is 1. The molecule has 0 radical (unpaired) electrons. The Morgan fingerprint density at radius 1 is 1.20 bits per heavy atom. The Balaban J connectivity index is 1.73. The van der Waals surface area contributed by atoms with Gasteiger partial charge in [0.05, 0.1) is 24.9 Å². The molecule has 3 aromatic rings. The highest BCUT2D eigenvalue weighted by Crippen LogP contribution is 2.31. The van der Waals surface area contributed by atoms with Gasteiger partial charge in [-0.25, -0.2) is 4.39 Å². The molecule has 3 heterocycles. The number of halogens is 1. The standard InChI is InChI=1S/C19H19FN4O/c1-24-11-16(19(23-24)13-2-4-15(20)5-3-13)14-6-7-21-17(10-14)18-12-25-9-8-22-18/h2-7,10-11,18,22H,8-9,12H2,1H3/t18-/m1/s1. The minimum atomic E-state index is -0.254. The largest absolute Gasteiger partial charge is 0.378 e. The van der Waals surface area contributed by atoms with Gasteiger partial charge in [0.15, 0.2) is 0 Å². The molecule has 25 heavy (non-hydrogen) atoms. The Kier molecular flexibility index (Phi) is 4.29. The number of ether oxygens (including phenoxy) is 1. The zero-order valence-electron chi connectivity index (χ0n) is 13.9. The third kappa shape index (κ3) is 3.31. The molecule has 2 aromatic heterocycles. The molecule has 1 aromatic carbocycles. The van der Waals surface area contributed by atoms with E-state index in [2.05, 4.69) is 21.5 Å². The van der Waals surface area contributed by atoms with E-state index in [-0.39, 0.29) is 11.9 Å². The van der Waals surface area contributed by atoms with E-state index in [4.69, 9.17) is 4.74 Å². The smallest absolute Gasteiger partial charge is 0.123 e. The van der Waals surface area contributed by atoms with Crippen LogP contribution in [-0.2, 0) is 11.8 Å². The fourth-order valence-corrected chi connectivity index (χ4v) is 3.08. The molecule has 0 bridgehead atoms. The van der Waals surface area contributed by atoms with Crippen LogP contribution in [0.3, 0.4) is 0 Å². The molecule has 5 nitrogen and oxygen atoms in total. The first-order chi connectivity index (χ1) is 12.2. The first-order valence-electron chi connectivity index (χ1n) is 8.28. The second-order valence-corrected chi connectivity index (χ2v) is 6.12. The number of nitrogens with zero attached hydrogens (tertiary/aromatic N) is 3. The van der Waals surface area contributed by atoms with Gasteiger partial charge in [-0.05, 0) is 42.0 Å². The molecule has 4 rings (SSSR count). The number of morpholine rings is 1. The summed E-state index contributed by atoms with van der Waals surface area (Å²) in [5.41, 5.74) is 4.69. The van der Waals surface area contributed by atoms with Gasteiger partial charge in [0.25, 0.3) is 0 Å². The van der Waals surface area contributed by atoms with Gasteiger partial charge in [0.2, 0.25) is 0 Å². The van der Waals surface area contributed by atoms with Crippen LogP contribution in [0.25, 0.3) is 22.4 Å². The van der Waals surface area contributed by atoms with E-state index >= 15 is 0 Å². The average Bonchev–Trinajstić information content (AvgIpc) is 3.05. The van der Waals surface area contributed by atoms with Crippen LogP contribution in [-0.4, -0.2) is 34.5 Å². The van der Waals surface area contributed by atoms with E-state index in [1.807, 2.05) is 25.5 Å². The van der Waals surface area contributed by atoms with Crippen molar-refractivity contribution in [1.29, 1.82) is 0 Å². The molecule has 1 N–H and O–H groups in total. The molecule has 1 saturated heterocycles. The minimum Gasteiger partial charge on any atom is -0.378 e. The summed E-state index contributed by atoms with van der Waals surface area (Å²) in [5, 5.41) is 7.98. The van der Waals surface area contributed by atoms with Crippen molar-refractivity contribution < 1.29 is 9.13 Å². The molecule has 128 valence electrons. The van der Waals surface area contributed by atoms with Crippen LogP contribution in [0, 0.1) is 5.82 Å². The molecule has 0 spiro atoms. The van der Waals surface area contributed by atoms with Crippen LogP contribution in [0.5, 0.6) is 0 Å². The Labute approximate surface area is 145 Å². The maximum atomic E-state index is 13.2. The van der Waals surface area contributed by atoms with Gasteiger partial charge in [-0.2, -0.15) is 5.10 Å². The lowest BCUT2D eigenvalue weighted by Gasteiger charge is -2.23. The predicted octanol–water partition coefficient (Wildman–Crippen LogP) is 2.95. The number of hydrogen-bond donors (Lipinski definition) is 1. The summed E-state index contributed by atoms with van der Waals surface area (Å²) in [6.07, 6.45) is 3.78. The third-order valence-corrected chi connectivity index (χ3v) is 4.32. The summed E-state index contributed by atoms with van der Waals surface area (Å²) in [7, 11) is 1.88. The lowest BCUT2D eigenvalue weighted by Crippen LogP contribution is -2.35. The van der Waals surface area contributed by atoms with Gasteiger partial charge >= 0.3 is 0 Å². The van der Waals surface area contributed by atoms with Gasteiger partial charge in [-0.15, -0.1) is 0 Å². The van der Waals surface area contributed by atoms with Crippen LogP contribution in [0.2, 0.25) is 0 Å². The Hall–Kier alpha value is -2.57. The fraction of sp³-hybridized carbons (Fsp3) is 0.263. The molecule has 0 unspecified atom stereocenters. The zero-order chi connectivity index (χ0) is 17.2. The van der Waals surface area contributed by atoms with Crippen molar-refractivity contribution in [3.63, 3.8) is 0 Å². The number of aromatic nitrogens is 3. The summed E-state index contributed by atoms with van der Waals surface area (Å²) in [4.78, 5) is 4.49. The highest BCUT2D eigenvalue weighted by Gasteiger charge is 2.18. The summed E-state index contributed by atoms with van der Waals surface area (Å²) in [6.45, 7) is 2.17. The van der Waals surface area contributed by atoms with E-state index in [9.17, 15) is 4.39 Å². The molecule has 0 amide bonds. The molecule has 0 aliphatic carbocycles. The number of hydrogen-bond acceptors (Lipinski definition) is 4. The fourth-order valence-electron chi connectivity index (χ4n) is 3.08. The normalized spacial score (nSPS) is 17.6. The summed E-state index contributed by atoms with van der Waals surface area (Å²) in [6, 6.07) is 10.5. The highest BCUT2D eigenvalue weighted by molar-refractivity contribution is 5.80. The second-order valence-electron chi connectivity index (χ2n) is 6.12. The van der Waals surface area contributed by atoms with Crippen molar-refractivity contribution >= 4 is 0 Å². The monoisotopic (exact) mass is 338 g/mol. The van der Waals surface area contributed by atoms with Gasteiger partial charge < -0.3 is 10.1 Å². The number of benzene rings is 1. The minimum absolute atomic E-state index is 0.0969. The van der Waals surface area contributed by atoms with Crippen molar-refractivity contribution in [1.82, 2.24) is 20.1 Å². The predicted molar refractivity (Wildman–Crippen MR) is 93.4 cm³/mol. The molecule has 0 saturated carbocycles. The van der Waals surface area contributed by atoms with Crippen LogP contribution in [0.1, 0.15) is 11.7 Å². The van der Waals surface area contributed by atoms with Crippen molar-refractivity contribution in [2.24, 2.45) is 7.05 Å². The van der Waals surface area contributed by atoms with Crippen molar-refractivity contribution in [2.75, 3.05) is 19.8 Å². The Morgan fingerprint density at radius 2 is 2.04 bits per heavy atom. The van der Waals surface area contributed by atoms with E-state index in [0.717, 1.165) is 41.2 Å². The summed E-state index contributed by atoms with van der Waals surface area (Å²) in [5.74, 6) is -0.254. The van der Waals surface area contributed by atoms with Crippen LogP contribution < -0.4 is 5.32 Å². The van der Waals surface area contributed by atoms with Gasteiger partial charge in [0.1, 0.15) is 11.5 Å². The average molecular weight is 338 g/mol. The first kappa shape index (κ1) is 15.9. The number of pyridine rings is 1. The molecule has 6 heteroatoms. The molecule has 1 aliphatic heterocycles. The molecule has 1 fully saturated rings.